The summed E-state index contributed by atoms with van der Waals surface area (Å²) < 4.78 is 5.70. The van der Waals surface area contributed by atoms with Gasteiger partial charge in [-0.25, -0.2) is 0 Å². The molecular formula is C17H26ClNO. The molecule has 2 nitrogen and oxygen atoms in total. The van der Waals surface area contributed by atoms with Gasteiger partial charge >= 0.3 is 0 Å². The van der Waals surface area contributed by atoms with Crippen molar-refractivity contribution in [2.75, 3.05) is 13.2 Å². The first kappa shape index (κ1) is 15.7. The first-order valence-electron chi connectivity index (χ1n) is 7.96. The zero-order valence-electron chi connectivity index (χ0n) is 12.2. The number of nitrogens with one attached hydrogen (secondary N) is 1. The number of hydrogen-bond donors (Lipinski definition) is 1. The highest BCUT2D eigenvalue weighted by molar-refractivity contribution is 6.30. The van der Waals surface area contributed by atoms with Gasteiger partial charge in [0.25, 0.3) is 0 Å². The molecule has 0 spiro atoms. The van der Waals surface area contributed by atoms with E-state index in [0.29, 0.717) is 0 Å². The van der Waals surface area contributed by atoms with E-state index in [0.717, 1.165) is 36.4 Å². The maximum atomic E-state index is 5.84. The fourth-order valence-electron chi connectivity index (χ4n) is 2.76. The van der Waals surface area contributed by atoms with Gasteiger partial charge < -0.3 is 10.1 Å². The number of ether oxygens (including phenoxy) is 1. The van der Waals surface area contributed by atoms with E-state index in [9.17, 15) is 0 Å². The van der Waals surface area contributed by atoms with Gasteiger partial charge in [-0.05, 0) is 50.1 Å². The molecule has 2 rings (SSSR count). The van der Waals surface area contributed by atoms with Crippen molar-refractivity contribution in [1.29, 1.82) is 0 Å². The van der Waals surface area contributed by atoms with Crippen LogP contribution in [0.5, 0.6) is 5.75 Å². The Balaban J connectivity index is 1.55. The monoisotopic (exact) mass is 295 g/mol. The van der Waals surface area contributed by atoms with E-state index in [1.165, 1.54) is 44.9 Å². The number of hydrogen-bond acceptors (Lipinski definition) is 2. The molecular weight excluding hydrogens is 270 g/mol. The molecule has 112 valence electrons. The number of benzene rings is 1. The summed E-state index contributed by atoms with van der Waals surface area (Å²) in [7, 11) is 0. The third kappa shape index (κ3) is 6.15. The highest BCUT2D eigenvalue weighted by atomic mass is 35.5. The van der Waals surface area contributed by atoms with E-state index in [4.69, 9.17) is 16.3 Å². The largest absolute Gasteiger partial charge is 0.494 e. The van der Waals surface area contributed by atoms with E-state index in [-0.39, 0.29) is 0 Å². The summed E-state index contributed by atoms with van der Waals surface area (Å²) in [5, 5.41) is 4.44. The molecule has 1 aromatic rings. The standard InChI is InChI=1S/C17H26ClNO/c18-15-9-11-17(12-10-15)20-14-6-13-19-16-7-4-2-1-3-5-8-16/h9-12,16,19H,1-8,13-14H2. The van der Waals surface area contributed by atoms with E-state index in [1.807, 2.05) is 24.3 Å². The van der Waals surface area contributed by atoms with Crippen LogP contribution < -0.4 is 10.1 Å². The van der Waals surface area contributed by atoms with Crippen LogP contribution in [0, 0.1) is 0 Å². The summed E-state index contributed by atoms with van der Waals surface area (Å²) >= 11 is 5.84. The van der Waals surface area contributed by atoms with Crippen molar-refractivity contribution in [2.24, 2.45) is 0 Å². The first-order chi connectivity index (χ1) is 9.84. The quantitative estimate of drug-likeness (QED) is 0.760. The molecule has 0 unspecified atom stereocenters. The van der Waals surface area contributed by atoms with Crippen LogP contribution in [0.15, 0.2) is 24.3 Å². The van der Waals surface area contributed by atoms with Gasteiger partial charge in [0.05, 0.1) is 6.61 Å². The SMILES string of the molecule is Clc1ccc(OCCCNC2CCCCCCC2)cc1. The van der Waals surface area contributed by atoms with Gasteiger partial charge in [0.1, 0.15) is 5.75 Å². The Morgan fingerprint density at radius 1 is 1.00 bits per heavy atom. The fraction of sp³-hybridized carbons (Fsp3) is 0.647. The van der Waals surface area contributed by atoms with Gasteiger partial charge in [0.2, 0.25) is 0 Å². The molecule has 0 radical (unpaired) electrons. The van der Waals surface area contributed by atoms with Crippen LogP contribution in [0.2, 0.25) is 5.02 Å². The minimum absolute atomic E-state index is 0.728. The Labute approximate surface area is 127 Å². The predicted molar refractivity (Wildman–Crippen MR) is 85.7 cm³/mol. The molecule has 0 bridgehead atoms. The summed E-state index contributed by atoms with van der Waals surface area (Å²) in [4.78, 5) is 0. The van der Waals surface area contributed by atoms with Crippen LogP contribution in [0.25, 0.3) is 0 Å². The molecule has 1 aromatic carbocycles. The van der Waals surface area contributed by atoms with Gasteiger partial charge in [-0.15, -0.1) is 0 Å². The maximum absolute atomic E-state index is 5.84. The molecule has 1 aliphatic rings. The molecule has 0 aliphatic heterocycles. The molecule has 1 saturated carbocycles. The molecule has 0 saturated heterocycles. The van der Waals surface area contributed by atoms with Crippen LogP contribution in [0.3, 0.4) is 0 Å². The molecule has 1 aliphatic carbocycles. The highest BCUT2D eigenvalue weighted by Crippen LogP contribution is 2.17. The predicted octanol–water partition coefficient (Wildman–Crippen LogP) is 4.81. The molecule has 0 amide bonds. The van der Waals surface area contributed by atoms with Gasteiger partial charge in [-0.3, -0.25) is 0 Å². The summed E-state index contributed by atoms with van der Waals surface area (Å²) in [5.41, 5.74) is 0. The zero-order valence-corrected chi connectivity index (χ0v) is 13.0. The second-order valence-corrected chi connectivity index (χ2v) is 6.09. The normalized spacial score (nSPS) is 17.4. The summed E-state index contributed by atoms with van der Waals surface area (Å²) in [5.74, 6) is 0.903. The molecule has 20 heavy (non-hydrogen) atoms. The second kappa shape index (κ2) is 9.25. The third-order valence-electron chi connectivity index (χ3n) is 3.94. The second-order valence-electron chi connectivity index (χ2n) is 5.65. The van der Waals surface area contributed by atoms with E-state index in [2.05, 4.69) is 5.32 Å². The fourth-order valence-corrected chi connectivity index (χ4v) is 2.89. The van der Waals surface area contributed by atoms with Crippen molar-refractivity contribution in [3.8, 4) is 5.75 Å². The van der Waals surface area contributed by atoms with Gasteiger partial charge in [-0.2, -0.15) is 0 Å². The Morgan fingerprint density at radius 2 is 1.65 bits per heavy atom. The van der Waals surface area contributed by atoms with E-state index >= 15 is 0 Å². The van der Waals surface area contributed by atoms with E-state index in [1.54, 1.807) is 0 Å². The lowest BCUT2D eigenvalue weighted by atomic mass is 9.97. The summed E-state index contributed by atoms with van der Waals surface area (Å²) in [6.07, 6.45) is 10.8. The van der Waals surface area contributed by atoms with Crippen molar-refractivity contribution in [3.63, 3.8) is 0 Å². The molecule has 1 N–H and O–H groups in total. The molecule has 0 heterocycles. The Kier molecular flexibility index (Phi) is 7.24. The van der Waals surface area contributed by atoms with Gasteiger partial charge in [-0.1, -0.05) is 43.7 Å². The molecule has 3 heteroatoms. The third-order valence-corrected chi connectivity index (χ3v) is 4.19. The van der Waals surface area contributed by atoms with Gasteiger partial charge in [0, 0.05) is 11.1 Å². The lowest BCUT2D eigenvalue weighted by Gasteiger charge is -2.21. The number of halogens is 1. The Hall–Kier alpha value is -0.730. The summed E-state index contributed by atoms with van der Waals surface area (Å²) in [6, 6.07) is 8.30. The lowest BCUT2D eigenvalue weighted by Crippen LogP contribution is -2.31. The topological polar surface area (TPSA) is 21.3 Å². The lowest BCUT2D eigenvalue weighted by molar-refractivity contribution is 0.299. The van der Waals surface area contributed by atoms with Gasteiger partial charge in [0.15, 0.2) is 0 Å². The number of rotatable bonds is 6. The van der Waals surface area contributed by atoms with Crippen LogP contribution in [0.4, 0.5) is 0 Å². The average Bonchev–Trinajstić information content (AvgIpc) is 2.42. The van der Waals surface area contributed by atoms with Crippen LogP contribution >= 0.6 is 11.6 Å². The van der Waals surface area contributed by atoms with Crippen molar-refractivity contribution >= 4 is 11.6 Å². The van der Waals surface area contributed by atoms with Crippen LogP contribution in [0.1, 0.15) is 51.4 Å². The Bertz CT molecular complexity index is 358. The zero-order chi connectivity index (χ0) is 14.0. The summed E-state index contributed by atoms with van der Waals surface area (Å²) in [6.45, 7) is 1.82. The average molecular weight is 296 g/mol. The minimum Gasteiger partial charge on any atom is -0.494 e. The minimum atomic E-state index is 0.728. The van der Waals surface area contributed by atoms with Crippen molar-refractivity contribution < 1.29 is 4.74 Å². The van der Waals surface area contributed by atoms with Crippen molar-refractivity contribution in [1.82, 2.24) is 5.32 Å². The molecule has 0 aromatic heterocycles. The first-order valence-corrected chi connectivity index (χ1v) is 8.34. The van der Waals surface area contributed by atoms with Crippen LogP contribution in [-0.4, -0.2) is 19.2 Å². The van der Waals surface area contributed by atoms with E-state index < -0.39 is 0 Å². The molecule has 0 atom stereocenters. The smallest absolute Gasteiger partial charge is 0.119 e. The maximum Gasteiger partial charge on any atom is 0.119 e. The Morgan fingerprint density at radius 3 is 2.35 bits per heavy atom. The van der Waals surface area contributed by atoms with Crippen molar-refractivity contribution in [2.45, 2.75) is 57.4 Å². The molecule has 1 fully saturated rings. The highest BCUT2D eigenvalue weighted by Gasteiger charge is 2.09. The van der Waals surface area contributed by atoms with Crippen LogP contribution in [-0.2, 0) is 0 Å². The van der Waals surface area contributed by atoms with Crippen molar-refractivity contribution in [3.05, 3.63) is 29.3 Å².